The molecule has 0 saturated carbocycles. The van der Waals surface area contributed by atoms with Crippen molar-refractivity contribution in [3.8, 4) is 0 Å². The van der Waals surface area contributed by atoms with Crippen molar-refractivity contribution in [2.24, 2.45) is 0 Å². The fourth-order valence-corrected chi connectivity index (χ4v) is 3.29. The summed E-state index contributed by atoms with van der Waals surface area (Å²) in [7, 11) is 0. The average molecular weight is 476 g/mol. The molecule has 0 bridgehead atoms. The summed E-state index contributed by atoms with van der Waals surface area (Å²) in [5.74, 6) is -1.38. The molecule has 1 amide bonds. The third-order valence-electron chi connectivity index (χ3n) is 4.49. The molecule has 5 atom stereocenters. The Kier molecular flexibility index (Phi) is 8.46. The Balaban J connectivity index is 1.92. The summed E-state index contributed by atoms with van der Waals surface area (Å²) in [6, 6.07) is -1.14. The largest absolute Gasteiger partial charge is 0.458 e. The van der Waals surface area contributed by atoms with Crippen molar-refractivity contribution in [2.75, 3.05) is 13.2 Å². The van der Waals surface area contributed by atoms with Gasteiger partial charge >= 0.3 is 18.0 Å². The second-order valence-electron chi connectivity index (χ2n) is 9.76. The van der Waals surface area contributed by atoms with Crippen LogP contribution in [0.4, 0.5) is 4.79 Å². The van der Waals surface area contributed by atoms with Crippen molar-refractivity contribution in [3.05, 3.63) is 10.1 Å². The van der Waals surface area contributed by atoms with Crippen LogP contribution in [-0.4, -0.2) is 78.0 Å². The Bertz CT molecular complexity index is 743. The zero-order valence-corrected chi connectivity index (χ0v) is 19.7. The van der Waals surface area contributed by atoms with E-state index in [1.165, 1.54) is 0 Å². The number of fused-ring (bicyclic) bond motifs is 1. The van der Waals surface area contributed by atoms with E-state index in [1.54, 1.807) is 41.5 Å². The zero-order chi connectivity index (χ0) is 25.0. The number of nitrogens with zero attached hydrogens (tertiary/aromatic N) is 1. The highest BCUT2D eigenvalue weighted by Gasteiger charge is 2.51. The molecule has 2 heterocycles. The van der Waals surface area contributed by atoms with E-state index in [-0.39, 0.29) is 26.1 Å². The first-order valence-corrected chi connectivity index (χ1v) is 10.6. The molecule has 0 aromatic heterocycles. The number of esters is 2. The van der Waals surface area contributed by atoms with Gasteiger partial charge in [-0.3, -0.25) is 4.79 Å². The second kappa shape index (κ2) is 10.5. The van der Waals surface area contributed by atoms with Crippen LogP contribution in [0.1, 0.15) is 54.4 Å². The molecule has 1 N–H and O–H groups in total. The van der Waals surface area contributed by atoms with Crippen LogP contribution in [0.15, 0.2) is 0 Å². The molecule has 0 spiro atoms. The molecule has 2 fully saturated rings. The summed E-state index contributed by atoms with van der Waals surface area (Å²) in [5.41, 5.74) is -1.58. The maximum absolute atomic E-state index is 12.5. The molecule has 33 heavy (non-hydrogen) atoms. The van der Waals surface area contributed by atoms with Crippen molar-refractivity contribution >= 4 is 18.0 Å². The predicted octanol–water partition coefficient (Wildman–Crippen LogP) is 1.29. The predicted molar refractivity (Wildman–Crippen MR) is 109 cm³/mol. The van der Waals surface area contributed by atoms with Gasteiger partial charge in [0.25, 0.3) is 5.09 Å². The first-order valence-electron chi connectivity index (χ1n) is 10.6. The lowest BCUT2D eigenvalue weighted by Gasteiger charge is -2.26. The van der Waals surface area contributed by atoms with E-state index in [0.29, 0.717) is 0 Å². The fourth-order valence-electron chi connectivity index (χ4n) is 3.29. The maximum atomic E-state index is 12.5. The first kappa shape index (κ1) is 26.6. The van der Waals surface area contributed by atoms with Crippen LogP contribution in [0.5, 0.6) is 0 Å². The van der Waals surface area contributed by atoms with Crippen LogP contribution in [0, 0.1) is 10.1 Å². The highest BCUT2D eigenvalue weighted by atomic mass is 17.0. The van der Waals surface area contributed by atoms with Crippen molar-refractivity contribution in [1.29, 1.82) is 0 Å². The van der Waals surface area contributed by atoms with Crippen LogP contribution in [0.25, 0.3) is 0 Å². The molecule has 2 aliphatic heterocycles. The molecule has 13 nitrogen and oxygen atoms in total. The monoisotopic (exact) mass is 476 g/mol. The molecule has 2 aliphatic rings. The molecule has 0 unspecified atom stereocenters. The molecule has 0 aliphatic carbocycles. The van der Waals surface area contributed by atoms with Gasteiger partial charge in [0.05, 0.1) is 13.2 Å². The Morgan fingerprint density at radius 3 is 2.09 bits per heavy atom. The average Bonchev–Trinajstić information content (AvgIpc) is 3.19. The van der Waals surface area contributed by atoms with Crippen molar-refractivity contribution in [2.45, 2.75) is 96.0 Å². The van der Waals surface area contributed by atoms with Gasteiger partial charge in [-0.05, 0) is 48.0 Å². The minimum atomic E-state index is -1.14. The number of ether oxygens (including phenoxy) is 5. The van der Waals surface area contributed by atoms with Gasteiger partial charge in [0.15, 0.2) is 12.2 Å². The van der Waals surface area contributed by atoms with E-state index in [9.17, 15) is 24.5 Å². The topological polar surface area (TPSA) is 162 Å². The molecule has 0 radical (unpaired) electrons. The Morgan fingerprint density at radius 2 is 1.55 bits per heavy atom. The van der Waals surface area contributed by atoms with E-state index in [0.717, 1.165) is 0 Å². The van der Waals surface area contributed by atoms with Crippen LogP contribution < -0.4 is 5.32 Å². The number of amides is 1. The van der Waals surface area contributed by atoms with Crippen LogP contribution in [-0.2, 0) is 38.1 Å². The molecule has 0 aromatic carbocycles. The smallest absolute Gasteiger partial charge is 0.408 e. The number of hydrogen-bond acceptors (Lipinski definition) is 11. The lowest BCUT2D eigenvalue weighted by molar-refractivity contribution is -0.769. The maximum Gasteiger partial charge on any atom is 0.408 e. The van der Waals surface area contributed by atoms with Crippen LogP contribution in [0.2, 0.25) is 0 Å². The zero-order valence-electron chi connectivity index (χ0n) is 19.7. The number of carbonyl (C=O) groups excluding carboxylic acids is 3. The number of alkyl carbamates (subject to hydrolysis) is 1. The third-order valence-corrected chi connectivity index (χ3v) is 4.49. The lowest BCUT2D eigenvalue weighted by Crippen LogP contribution is -2.46. The Hall–Kier alpha value is -2.67. The van der Waals surface area contributed by atoms with Gasteiger partial charge in [0.2, 0.25) is 0 Å². The first-order chi connectivity index (χ1) is 15.1. The van der Waals surface area contributed by atoms with Gasteiger partial charge in [0.1, 0.15) is 29.5 Å². The van der Waals surface area contributed by atoms with Gasteiger partial charge in [-0.25, -0.2) is 9.59 Å². The summed E-state index contributed by atoms with van der Waals surface area (Å²) in [6.07, 6.45) is -4.23. The van der Waals surface area contributed by atoms with Crippen molar-refractivity contribution < 1.29 is 48.0 Å². The molecule has 13 heteroatoms. The minimum Gasteiger partial charge on any atom is -0.458 e. The SMILES string of the molecule is CC(C)(C)OC(=O)N[C@@H](CCC(=O)O[C@H]1CO[C@H]2[C@@H]1OC[C@H]2O[N+](=O)[O-])C(=O)OC(C)(C)C. The van der Waals surface area contributed by atoms with Crippen LogP contribution >= 0.6 is 0 Å². The highest BCUT2D eigenvalue weighted by molar-refractivity contribution is 5.82. The Labute approximate surface area is 191 Å². The fraction of sp³-hybridized carbons (Fsp3) is 0.850. The summed E-state index contributed by atoms with van der Waals surface area (Å²) < 4.78 is 26.8. The van der Waals surface area contributed by atoms with E-state index in [2.05, 4.69) is 10.2 Å². The van der Waals surface area contributed by atoms with Gasteiger partial charge in [-0.15, -0.1) is 10.1 Å². The molecule has 2 saturated heterocycles. The van der Waals surface area contributed by atoms with Gasteiger partial charge < -0.3 is 33.8 Å². The van der Waals surface area contributed by atoms with E-state index >= 15 is 0 Å². The highest BCUT2D eigenvalue weighted by Crippen LogP contribution is 2.30. The normalized spacial score (nSPS) is 25.5. The van der Waals surface area contributed by atoms with Gasteiger partial charge in [-0.1, -0.05) is 0 Å². The van der Waals surface area contributed by atoms with E-state index < -0.39 is 64.8 Å². The van der Waals surface area contributed by atoms with Gasteiger partial charge in [-0.2, -0.15) is 0 Å². The summed E-state index contributed by atoms with van der Waals surface area (Å²) >= 11 is 0. The number of nitrogens with one attached hydrogen (secondary N) is 1. The minimum absolute atomic E-state index is 0.00962. The molecule has 0 aromatic rings. The van der Waals surface area contributed by atoms with E-state index in [4.69, 9.17) is 23.7 Å². The molecular weight excluding hydrogens is 444 g/mol. The molecular formula is C20H32N2O11. The Morgan fingerprint density at radius 1 is 1.00 bits per heavy atom. The van der Waals surface area contributed by atoms with Crippen molar-refractivity contribution in [3.63, 3.8) is 0 Å². The number of rotatable bonds is 8. The van der Waals surface area contributed by atoms with Crippen LogP contribution in [0.3, 0.4) is 0 Å². The van der Waals surface area contributed by atoms with Crippen molar-refractivity contribution in [1.82, 2.24) is 5.32 Å². The summed E-state index contributed by atoms with van der Waals surface area (Å²) in [5, 5.41) is 12.1. The summed E-state index contributed by atoms with van der Waals surface area (Å²) in [6.45, 7) is 9.99. The summed E-state index contributed by atoms with van der Waals surface area (Å²) in [4.78, 5) is 52.2. The number of hydrogen-bond donors (Lipinski definition) is 1. The molecule has 188 valence electrons. The molecule has 2 rings (SSSR count). The standard InChI is InChI=1S/C20H32N2O11/c1-19(2,3)31-17(24)11(21-18(25)32-20(4,5)6)7-8-14(23)30-12-9-28-16-13(33-22(26)27)10-29-15(12)16/h11-13,15-16H,7-10H2,1-6H3,(H,21,25)/t11-,12-,13+,15+,16+/m0/s1. The second-order valence-corrected chi connectivity index (χ2v) is 9.76. The van der Waals surface area contributed by atoms with Gasteiger partial charge in [0, 0.05) is 6.42 Å². The van der Waals surface area contributed by atoms with E-state index in [1.807, 2.05) is 0 Å². The third kappa shape index (κ3) is 8.65. The lowest BCUT2D eigenvalue weighted by atomic mass is 10.1. The quantitative estimate of drug-likeness (QED) is 0.232. The number of carbonyl (C=O) groups is 3.